The Morgan fingerprint density at radius 1 is 1.42 bits per heavy atom. The average Bonchev–Trinajstić information content (AvgIpc) is 2.02. The van der Waals surface area contributed by atoms with Crippen molar-refractivity contribution in [3.8, 4) is 11.5 Å². The molecule has 0 saturated carbocycles. The monoisotopic (exact) mass is 174 g/mol. The molecule has 0 bridgehead atoms. The van der Waals surface area contributed by atoms with Gasteiger partial charge in [0.15, 0.2) is 0 Å². The molecule has 61 valence electrons. The van der Waals surface area contributed by atoms with Crippen LogP contribution in [0.3, 0.4) is 0 Å². The zero-order valence-electron chi connectivity index (χ0n) is 7.68. The molecule has 0 amide bonds. The first-order chi connectivity index (χ1) is 5.58. The first-order valence-electron chi connectivity index (χ1n) is 3.92. The van der Waals surface area contributed by atoms with Crippen molar-refractivity contribution >= 4 is 8.07 Å². The van der Waals surface area contributed by atoms with Gasteiger partial charge >= 0.3 is 0 Å². The Bertz CT molecular complexity index is 300. The smallest absolute Gasteiger partial charge is 0.129 e. The van der Waals surface area contributed by atoms with Gasteiger partial charge in [-0.25, -0.2) is 0 Å². The van der Waals surface area contributed by atoms with Gasteiger partial charge in [-0.3, -0.25) is 4.98 Å². The molecule has 1 radical (unpaired) electrons. The van der Waals surface area contributed by atoms with Gasteiger partial charge in [0, 0.05) is 24.0 Å². The molecule has 12 heavy (non-hydrogen) atoms. The number of rotatable bonds is 0. The van der Waals surface area contributed by atoms with E-state index in [1.165, 1.54) is 0 Å². The van der Waals surface area contributed by atoms with Crippen LogP contribution in [0, 0.1) is 17.5 Å². The predicted molar refractivity (Wildman–Crippen MR) is 53.3 cm³/mol. The predicted octanol–water partition coefficient (Wildman–Crippen LogP) is 2.11. The normalized spacial score (nSPS) is 10.2. The molecular formula is C10H12NSi. The van der Waals surface area contributed by atoms with Crippen molar-refractivity contribution in [3.63, 3.8) is 0 Å². The van der Waals surface area contributed by atoms with E-state index < -0.39 is 8.07 Å². The molecule has 0 fully saturated rings. The van der Waals surface area contributed by atoms with Crippen LogP contribution in [-0.4, -0.2) is 13.1 Å². The zero-order valence-corrected chi connectivity index (χ0v) is 8.68. The van der Waals surface area contributed by atoms with E-state index in [0.29, 0.717) is 0 Å². The largest absolute Gasteiger partial charge is 0.263 e. The van der Waals surface area contributed by atoms with Crippen LogP contribution in [0.1, 0.15) is 5.56 Å². The van der Waals surface area contributed by atoms with Crippen LogP contribution in [0.5, 0.6) is 0 Å². The molecule has 1 aromatic rings. The van der Waals surface area contributed by atoms with Crippen LogP contribution in [0.2, 0.25) is 19.6 Å². The molecule has 0 aliphatic heterocycles. The second-order valence-corrected chi connectivity index (χ2v) is 8.42. The van der Waals surface area contributed by atoms with Gasteiger partial charge in [-0.15, -0.1) is 5.54 Å². The highest BCUT2D eigenvalue weighted by Crippen LogP contribution is 1.98. The number of hydrogen-bond acceptors (Lipinski definition) is 1. The van der Waals surface area contributed by atoms with Gasteiger partial charge in [-0.2, -0.15) is 0 Å². The van der Waals surface area contributed by atoms with E-state index in [2.05, 4.69) is 42.2 Å². The van der Waals surface area contributed by atoms with Gasteiger partial charge in [0.25, 0.3) is 0 Å². The minimum absolute atomic E-state index is 0.958. The van der Waals surface area contributed by atoms with Gasteiger partial charge in [-0.1, -0.05) is 25.6 Å². The Balaban J connectivity index is 2.81. The minimum atomic E-state index is -1.24. The fourth-order valence-electron chi connectivity index (χ4n) is 0.653. The summed E-state index contributed by atoms with van der Waals surface area (Å²) in [5.41, 5.74) is 4.23. The van der Waals surface area contributed by atoms with Crippen LogP contribution in [0.15, 0.2) is 18.5 Å². The van der Waals surface area contributed by atoms with Gasteiger partial charge in [0.2, 0.25) is 0 Å². The summed E-state index contributed by atoms with van der Waals surface area (Å²) in [4.78, 5) is 3.94. The summed E-state index contributed by atoms with van der Waals surface area (Å²) in [5.74, 6) is 3.10. The topological polar surface area (TPSA) is 12.9 Å². The second-order valence-electron chi connectivity index (χ2n) is 3.67. The molecule has 0 N–H and O–H groups in total. The maximum atomic E-state index is 3.94. The number of nitrogens with zero attached hydrogens (tertiary/aromatic N) is 1. The zero-order chi connectivity index (χ0) is 9.03. The molecule has 0 unspecified atom stereocenters. The number of pyridine rings is 1. The van der Waals surface area contributed by atoms with E-state index in [1.807, 2.05) is 6.07 Å². The van der Waals surface area contributed by atoms with Gasteiger partial charge in [0.05, 0.1) is 0 Å². The molecule has 2 heteroatoms. The Kier molecular flexibility index (Phi) is 2.67. The summed E-state index contributed by atoms with van der Waals surface area (Å²) in [7, 11) is -1.24. The van der Waals surface area contributed by atoms with Gasteiger partial charge < -0.3 is 0 Å². The molecule has 0 aliphatic carbocycles. The highest BCUT2D eigenvalue weighted by molar-refractivity contribution is 6.83. The summed E-state index contributed by atoms with van der Waals surface area (Å²) in [6, 6.07) is 4.76. The van der Waals surface area contributed by atoms with E-state index in [1.54, 1.807) is 12.4 Å². The number of hydrogen-bond donors (Lipinski definition) is 0. The van der Waals surface area contributed by atoms with Crippen molar-refractivity contribution in [1.29, 1.82) is 0 Å². The van der Waals surface area contributed by atoms with E-state index >= 15 is 0 Å². The molecule has 1 nitrogen and oxygen atoms in total. The maximum absolute atomic E-state index is 3.94. The SMILES string of the molecule is C[Si](C)(C)C#Cc1c[c]cnc1. The Morgan fingerprint density at radius 2 is 2.17 bits per heavy atom. The fraction of sp³-hybridized carbons (Fsp3) is 0.300. The summed E-state index contributed by atoms with van der Waals surface area (Å²) in [5, 5.41) is 0. The standard InChI is InChI=1S/C10H12NSi/c1-12(2,3)8-6-10-5-4-7-11-9-10/h5,7,9H,1-3H3. The summed E-state index contributed by atoms with van der Waals surface area (Å²) in [6.45, 7) is 6.67. The second kappa shape index (κ2) is 3.55. The van der Waals surface area contributed by atoms with Crippen LogP contribution in [0.4, 0.5) is 0 Å². The first-order valence-corrected chi connectivity index (χ1v) is 7.42. The lowest BCUT2D eigenvalue weighted by atomic mass is 10.3. The molecule has 0 atom stereocenters. The molecule has 0 aliphatic rings. The first kappa shape index (κ1) is 9.02. The maximum Gasteiger partial charge on any atom is 0.129 e. The Hall–Kier alpha value is -1.07. The van der Waals surface area contributed by atoms with E-state index in [-0.39, 0.29) is 0 Å². The van der Waals surface area contributed by atoms with Crippen LogP contribution in [-0.2, 0) is 0 Å². The molecule has 0 saturated heterocycles. The van der Waals surface area contributed by atoms with Gasteiger partial charge in [-0.05, 0) is 6.07 Å². The third kappa shape index (κ3) is 3.36. The summed E-state index contributed by atoms with van der Waals surface area (Å²) >= 11 is 0. The van der Waals surface area contributed by atoms with E-state index in [4.69, 9.17) is 0 Å². The lowest BCUT2D eigenvalue weighted by Gasteiger charge is -2.02. The molecule has 1 heterocycles. The average molecular weight is 174 g/mol. The number of aromatic nitrogens is 1. The molecule has 1 rings (SSSR count). The van der Waals surface area contributed by atoms with Crippen molar-refractivity contribution in [1.82, 2.24) is 4.98 Å². The van der Waals surface area contributed by atoms with E-state index in [0.717, 1.165) is 5.56 Å². The highest BCUT2D eigenvalue weighted by Gasteiger charge is 2.07. The van der Waals surface area contributed by atoms with Crippen LogP contribution in [0.25, 0.3) is 0 Å². The van der Waals surface area contributed by atoms with Crippen LogP contribution < -0.4 is 0 Å². The fourth-order valence-corrected chi connectivity index (χ4v) is 1.17. The minimum Gasteiger partial charge on any atom is -0.263 e. The molecule has 0 aromatic carbocycles. The summed E-state index contributed by atoms with van der Waals surface area (Å²) < 4.78 is 0. The van der Waals surface area contributed by atoms with Gasteiger partial charge in [0.1, 0.15) is 8.07 Å². The lowest BCUT2D eigenvalue weighted by molar-refractivity contribution is 1.31. The molecular weight excluding hydrogens is 162 g/mol. The van der Waals surface area contributed by atoms with Crippen molar-refractivity contribution in [3.05, 3.63) is 30.1 Å². The van der Waals surface area contributed by atoms with Crippen molar-refractivity contribution in [2.45, 2.75) is 19.6 Å². The van der Waals surface area contributed by atoms with E-state index in [9.17, 15) is 0 Å². The van der Waals surface area contributed by atoms with Crippen molar-refractivity contribution < 1.29 is 0 Å². The highest BCUT2D eigenvalue weighted by atomic mass is 28.3. The Labute approximate surface area is 74.9 Å². The van der Waals surface area contributed by atoms with Crippen molar-refractivity contribution in [2.24, 2.45) is 0 Å². The Morgan fingerprint density at radius 3 is 2.67 bits per heavy atom. The lowest BCUT2D eigenvalue weighted by Crippen LogP contribution is -2.16. The third-order valence-corrected chi connectivity index (χ3v) is 2.06. The quantitative estimate of drug-likeness (QED) is 0.433. The van der Waals surface area contributed by atoms with Crippen molar-refractivity contribution in [2.75, 3.05) is 0 Å². The third-order valence-electron chi connectivity index (χ3n) is 1.18. The summed E-state index contributed by atoms with van der Waals surface area (Å²) in [6.07, 6.45) is 3.41. The van der Waals surface area contributed by atoms with Crippen LogP contribution >= 0.6 is 0 Å². The molecule has 0 spiro atoms. The molecule has 1 aromatic heterocycles.